The molecule has 1 heterocycles. The summed E-state index contributed by atoms with van der Waals surface area (Å²) in [5.74, 6) is -1.49. The maximum absolute atomic E-state index is 13.8. The number of hydrogen-bond donors (Lipinski definition) is 1. The second-order valence-electron chi connectivity index (χ2n) is 8.26. The number of carbonyl (C=O) groups is 3. The summed E-state index contributed by atoms with van der Waals surface area (Å²) in [6, 6.07) is 12.7. The van der Waals surface area contributed by atoms with Crippen molar-refractivity contribution >= 4 is 29.2 Å². The van der Waals surface area contributed by atoms with Crippen molar-refractivity contribution in [2.45, 2.75) is 50.5 Å². The van der Waals surface area contributed by atoms with Crippen molar-refractivity contribution in [1.82, 2.24) is 0 Å². The Labute approximate surface area is 180 Å². The third-order valence-corrected chi connectivity index (χ3v) is 6.18. The predicted octanol–water partition coefficient (Wildman–Crippen LogP) is 3.94. The van der Waals surface area contributed by atoms with E-state index in [0.717, 1.165) is 12.8 Å². The number of ether oxygens (including phenoxy) is 1. The van der Waals surface area contributed by atoms with Crippen molar-refractivity contribution in [3.8, 4) is 0 Å². The summed E-state index contributed by atoms with van der Waals surface area (Å²) in [4.78, 5) is 39.9. The number of anilines is 2. The summed E-state index contributed by atoms with van der Waals surface area (Å²) in [5.41, 5.74) is 0.777. The van der Waals surface area contributed by atoms with Crippen LogP contribution in [0.25, 0.3) is 0 Å². The minimum Gasteiger partial charge on any atom is -0.455 e. The number of halogens is 1. The minimum absolute atomic E-state index is 0.140. The SMILES string of the molecule is CC1CC(=O)Nc2ccccc2N1C(=O)COC(=O)C1(c2cccc(F)c2)CCCC1. The molecule has 2 aliphatic rings. The van der Waals surface area contributed by atoms with E-state index in [1.807, 2.05) is 0 Å². The van der Waals surface area contributed by atoms with Crippen LogP contribution in [0, 0.1) is 5.82 Å². The minimum atomic E-state index is -0.928. The fourth-order valence-electron chi connectivity index (χ4n) is 4.68. The number of amides is 2. The summed E-state index contributed by atoms with van der Waals surface area (Å²) < 4.78 is 19.3. The number of esters is 1. The second kappa shape index (κ2) is 8.49. The Morgan fingerprint density at radius 3 is 2.65 bits per heavy atom. The van der Waals surface area contributed by atoms with Gasteiger partial charge in [0.25, 0.3) is 5.91 Å². The normalized spacial score (nSPS) is 19.9. The number of fused-ring (bicyclic) bond motifs is 1. The first-order valence-electron chi connectivity index (χ1n) is 10.5. The zero-order valence-electron chi connectivity index (χ0n) is 17.4. The molecule has 0 saturated heterocycles. The highest BCUT2D eigenvalue weighted by Gasteiger charge is 2.45. The lowest BCUT2D eigenvalue weighted by atomic mass is 9.79. The molecule has 0 aromatic heterocycles. The van der Waals surface area contributed by atoms with Crippen molar-refractivity contribution in [2.24, 2.45) is 0 Å². The van der Waals surface area contributed by atoms with Gasteiger partial charge in [-0.1, -0.05) is 37.1 Å². The molecule has 2 amide bonds. The number of carbonyl (C=O) groups excluding carboxylic acids is 3. The van der Waals surface area contributed by atoms with Crippen LogP contribution >= 0.6 is 0 Å². The first kappa shape index (κ1) is 21.0. The molecule has 7 heteroatoms. The van der Waals surface area contributed by atoms with Crippen molar-refractivity contribution in [3.05, 3.63) is 59.9 Å². The quantitative estimate of drug-likeness (QED) is 0.755. The molecule has 1 N–H and O–H groups in total. The van der Waals surface area contributed by atoms with E-state index in [4.69, 9.17) is 4.74 Å². The summed E-state index contributed by atoms with van der Waals surface area (Å²) >= 11 is 0. The van der Waals surface area contributed by atoms with Gasteiger partial charge in [0.05, 0.1) is 16.8 Å². The lowest BCUT2D eigenvalue weighted by Crippen LogP contribution is -2.43. The predicted molar refractivity (Wildman–Crippen MR) is 114 cm³/mol. The molecular formula is C24H25FN2O4. The topological polar surface area (TPSA) is 75.7 Å². The molecule has 4 rings (SSSR count). The smallest absolute Gasteiger partial charge is 0.317 e. The maximum Gasteiger partial charge on any atom is 0.317 e. The molecule has 1 fully saturated rings. The summed E-state index contributed by atoms with van der Waals surface area (Å²) in [6.45, 7) is 1.34. The van der Waals surface area contributed by atoms with Crippen LogP contribution in [0.1, 0.15) is 44.6 Å². The molecule has 1 saturated carbocycles. The van der Waals surface area contributed by atoms with Gasteiger partial charge in [0.15, 0.2) is 6.61 Å². The van der Waals surface area contributed by atoms with Gasteiger partial charge in [-0.15, -0.1) is 0 Å². The summed E-state index contributed by atoms with van der Waals surface area (Å²) in [7, 11) is 0. The first-order chi connectivity index (χ1) is 14.9. The lowest BCUT2D eigenvalue weighted by molar-refractivity contribution is -0.154. The number of para-hydroxylation sites is 2. The third-order valence-electron chi connectivity index (χ3n) is 6.18. The van der Waals surface area contributed by atoms with E-state index >= 15 is 0 Å². The average Bonchev–Trinajstić information content (AvgIpc) is 3.20. The van der Waals surface area contributed by atoms with Crippen molar-refractivity contribution < 1.29 is 23.5 Å². The van der Waals surface area contributed by atoms with Crippen LogP contribution in [0.5, 0.6) is 0 Å². The van der Waals surface area contributed by atoms with Gasteiger partial charge in [0, 0.05) is 12.5 Å². The number of hydrogen-bond acceptors (Lipinski definition) is 4. The van der Waals surface area contributed by atoms with Gasteiger partial charge in [-0.2, -0.15) is 0 Å². The number of benzene rings is 2. The van der Waals surface area contributed by atoms with Crippen LogP contribution in [-0.4, -0.2) is 30.4 Å². The second-order valence-corrected chi connectivity index (χ2v) is 8.26. The largest absolute Gasteiger partial charge is 0.455 e. The van der Waals surface area contributed by atoms with Gasteiger partial charge < -0.3 is 15.0 Å². The van der Waals surface area contributed by atoms with Crippen molar-refractivity contribution in [3.63, 3.8) is 0 Å². The molecule has 2 aromatic carbocycles. The molecule has 0 bridgehead atoms. The Balaban J connectivity index is 1.54. The van der Waals surface area contributed by atoms with E-state index in [0.29, 0.717) is 29.8 Å². The number of rotatable bonds is 4. The third kappa shape index (κ3) is 4.04. The molecule has 0 spiro atoms. The maximum atomic E-state index is 13.8. The standard InChI is InChI=1S/C24H25FN2O4/c1-16-13-21(28)26-19-9-2-3-10-20(19)27(16)22(29)15-31-23(30)24(11-4-5-12-24)17-7-6-8-18(25)14-17/h2-3,6-10,14,16H,4-5,11-13,15H2,1H3,(H,26,28). The van der Waals surface area contributed by atoms with E-state index in [-0.39, 0.29) is 12.3 Å². The molecule has 162 valence electrons. The summed E-state index contributed by atoms with van der Waals surface area (Å²) in [6.07, 6.45) is 2.94. The fraction of sp³-hybridized carbons (Fsp3) is 0.375. The lowest BCUT2D eigenvalue weighted by Gasteiger charge is -2.30. The van der Waals surface area contributed by atoms with E-state index in [1.54, 1.807) is 43.3 Å². The molecule has 0 radical (unpaired) electrons. The Hall–Kier alpha value is -3.22. The van der Waals surface area contributed by atoms with E-state index < -0.39 is 35.8 Å². The fourth-order valence-corrected chi connectivity index (χ4v) is 4.68. The highest BCUT2D eigenvalue weighted by atomic mass is 19.1. The number of nitrogens with one attached hydrogen (secondary N) is 1. The zero-order valence-corrected chi connectivity index (χ0v) is 17.4. The highest BCUT2D eigenvalue weighted by molar-refractivity contribution is 6.05. The van der Waals surface area contributed by atoms with E-state index in [2.05, 4.69) is 5.32 Å². The first-order valence-corrected chi connectivity index (χ1v) is 10.5. The van der Waals surface area contributed by atoms with Gasteiger partial charge in [0.2, 0.25) is 5.91 Å². The van der Waals surface area contributed by atoms with E-state index in [9.17, 15) is 18.8 Å². The van der Waals surface area contributed by atoms with Crippen molar-refractivity contribution in [1.29, 1.82) is 0 Å². The van der Waals surface area contributed by atoms with Gasteiger partial charge in [-0.3, -0.25) is 14.4 Å². The molecule has 1 unspecified atom stereocenters. The molecule has 1 aliphatic heterocycles. The van der Waals surface area contributed by atoms with Crippen molar-refractivity contribution in [2.75, 3.05) is 16.8 Å². The molecule has 1 aliphatic carbocycles. The molecule has 6 nitrogen and oxygen atoms in total. The Morgan fingerprint density at radius 1 is 1.16 bits per heavy atom. The highest BCUT2D eigenvalue weighted by Crippen LogP contribution is 2.42. The van der Waals surface area contributed by atoms with Gasteiger partial charge >= 0.3 is 5.97 Å². The Bertz CT molecular complexity index is 1020. The molecule has 31 heavy (non-hydrogen) atoms. The Kier molecular flexibility index (Phi) is 5.76. The average molecular weight is 424 g/mol. The van der Waals surface area contributed by atoms with Crippen LogP contribution in [0.4, 0.5) is 15.8 Å². The monoisotopic (exact) mass is 424 g/mol. The van der Waals surface area contributed by atoms with Gasteiger partial charge in [0.1, 0.15) is 5.82 Å². The van der Waals surface area contributed by atoms with Crippen LogP contribution in [0.2, 0.25) is 0 Å². The van der Waals surface area contributed by atoms with Crippen LogP contribution in [0.15, 0.2) is 48.5 Å². The van der Waals surface area contributed by atoms with Gasteiger partial charge in [-0.05, 0) is 49.6 Å². The molecule has 2 aromatic rings. The Morgan fingerprint density at radius 2 is 1.90 bits per heavy atom. The molecule has 1 atom stereocenters. The molecular weight excluding hydrogens is 399 g/mol. The van der Waals surface area contributed by atoms with Crippen LogP contribution < -0.4 is 10.2 Å². The van der Waals surface area contributed by atoms with E-state index in [1.165, 1.54) is 17.0 Å². The van der Waals surface area contributed by atoms with Gasteiger partial charge in [-0.25, -0.2) is 4.39 Å². The zero-order chi connectivity index (χ0) is 22.0. The van der Waals surface area contributed by atoms with Crippen LogP contribution in [-0.2, 0) is 24.5 Å². The number of nitrogens with zero attached hydrogens (tertiary/aromatic N) is 1. The van der Waals surface area contributed by atoms with Crippen LogP contribution in [0.3, 0.4) is 0 Å². The summed E-state index contributed by atoms with van der Waals surface area (Å²) in [5, 5.41) is 2.80.